The lowest BCUT2D eigenvalue weighted by molar-refractivity contribution is 0.217. The normalized spacial score (nSPS) is 11.3. The standard InChI is InChI=1S/C9H18NS/c1-5-7-9(3,4)10(6-2)8-11/h5-7H2,1-4H3. The van der Waals surface area contributed by atoms with Gasteiger partial charge in [-0.25, -0.2) is 0 Å². The number of nitrogens with zero attached hydrogens (tertiary/aromatic N) is 1. The summed E-state index contributed by atoms with van der Waals surface area (Å²) in [6.45, 7) is 9.67. The lowest BCUT2D eigenvalue weighted by Gasteiger charge is -2.35. The molecule has 0 rings (SSSR count). The molecule has 0 aromatic carbocycles. The Morgan fingerprint density at radius 1 is 1.36 bits per heavy atom. The van der Waals surface area contributed by atoms with Crippen molar-refractivity contribution in [2.24, 2.45) is 0 Å². The number of thiocarbonyl (C=S) groups is 1. The monoisotopic (exact) mass is 172 g/mol. The predicted octanol–water partition coefficient (Wildman–Crippen LogP) is 2.72. The Balaban J connectivity index is 4.11. The fourth-order valence-corrected chi connectivity index (χ4v) is 1.74. The highest BCUT2D eigenvalue weighted by atomic mass is 32.1. The number of hydrogen-bond donors (Lipinski definition) is 0. The van der Waals surface area contributed by atoms with E-state index in [0.29, 0.717) is 0 Å². The van der Waals surface area contributed by atoms with Crippen LogP contribution in [0.1, 0.15) is 40.5 Å². The molecule has 11 heavy (non-hydrogen) atoms. The molecule has 0 amide bonds. The van der Waals surface area contributed by atoms with Crippen LogP contribution in [0.2, 0.25) is 0 Å². The fourth-order valence-electron chi connectivity index (χ4n) is 1.36. The summed E-state index contributed by atoms with van der Waals surface area (Å²) < 4.78 is 0. The second-order valence-corrected chi connectivity index (χ2v) is 3.58. The summed E-state index contributed by atoms with van der Waals surface area (Å²) in [4.78, 5) is 2.09. The van der Waals surface area contributed by atoms with E-state index < -0.39 is 0 Å². The summed E-state index contributed by atoms with van der Waals surface area (Å²) in [6, 6.07) is 0. The molecule has 0 spiro atoms. The van der Waals surface area contributed by atoms with E-state index in [0.717, 1.165) is 6.54 Å². The smallest absolute Gasteiger partial charge is 0.137 e. The first-order valence-electron chi connectivity index (χ1n) is 4.24. The fraction of sp³-hybridized carbons (Fsp3) is 0.889. The van der Waals surface area contributed by atoms with Crippen LogP contribution in [0.25, 0.3) is 0 Å². The molecule has 1 nitrogen and oxygen atoms in total. The second-order valence-electron chi connectivity index (χ2n) is 3.40. The van der Waals surface area contributed by atoms with Gasteiger partial charge in [-0.05, 0) is 27.2 Å². The highest BCUT2D eigenvalue weighted by Crippen LogP contribution is 2.18. The molecular formula is C9H18NS. The van der Waals surface area contributed by atoms with Gasteiger partial charge in [0.25, 0.3) is 0 Å². The van der Waals surface area contributed by atoms with Gasteiger partial charge in [-0.3, -0.25) is 0 Å². The molecule has 0 aliphatic heterocycles. The van der Waals surface area contributed by atoms with Crippen LogP contribution in [-0.4, -0.2) is 22.5 Å². The lowest BCUT2D eigenvalue weighted by atomic mass is 9.97. The van der Waals surface area contributed by atoms with Crippen LogP contribution in [0.4, 0.5) is 0 Å². The molecule has 0 fully saturated rings. The quantitative estimate of drug-likeness (QED) is 0.463. The van der Waals surface area contributed by atoms with Gasteiger partial charge < -0.3 is 4.90 Å². The molecule has 0 saturated carbocycles. The third kappa shape index (κ3) is 3.19. The largest absolute Gasteiger partial charge is 0.356 e. The van der Waals surface area contributed by atoms with Gasteiger partial charge in [-0.2, -0.15) is 0 Å². The van der Waals surface area contributed by atoms with Gasteiger partial charge in [0.15, 0.2) is 0 Å². The molecule has 0 atom stereocenters. The topological polar surface area (TPSA) is 3.24 Å². The molecule has 0 aromatic heterocycles. The zero-order chi connectivity index (χ0) is 8.91. The molecule has 2 heteroatoms. The molecule has 0 aliphatic carbocycles. The van der Waals surface area contributed by atoms with E-state index in [1.807, 2.05) is 0 Å². The predicted molar refractivity (Wildman–Crippen MR) is 54.0 cm³/mol. The van der Waals surface area contributed by atoms with E-state index in [2.05, 4.69) is 38.1 Å². The van der Waals surface area contributed by atoms with Crippen molar-refractivity contribution in [3.63, 3.8) is 0 Å². The highest BCUT2D eigenvalue weighted by Gasteiger charge is 2.21. The minimum atomic E-state index is 0.186. The molecule has 0 saturated heterocycles. The minimum Gasteiger partial charge on any atom is -0.356 e. The molecule has 65 valence electrons. The Morgan fingerprint density at radius 3 is 2.18 bits per heavy atom. The van der Waals surface area contributed by atoms with Crippen molar-refractivity contribution in [3.05, 3.63) is 0 Å². The summed E-state index contributed by atoms with van der Waals surface area (Å²) >= 11 is 4.81. The Morgan fingerprint density at radius 2 is 1.91 bits per heavy atom. The van der Waals surface area contributed by atoms with Crippen LogP contribution in [0, 0.1) is 0 Å². The number of hydrogen-bond acceptors (Lipinski definition) is 1. The molecular weight excluding hydrogens is 154 g/mol. The van der Waals surface area contributed by atoms with Gasteiger partial charge in [0.1, 0.15) is 5.49 Å². The SMILES string of the molecule is CCCC(C)(C)N([C]=S)CC. The maximum absolute atomic E-state index is 4.81. The Bertz CT molecular complexity index is 121. The molecule has 0 N–H and O–H groups in total. The molecule has 0 heterocycles. The first-order valence-corrected chi connectivity index (χ1v) is 4.64. The van der Waals surface area contributed by atoms with Crippen molar-refractivity contribution in [1.29, 1.82) is 0 Å². The van der Waals surface area contributed by atoms with Gasteiger partial charge in [-0.1, -0.05) is 25.6 Å². The molecule has 0 bridgehead atoms. The average Bonchev–Trinajstić information content (AvgIpc) is 1.89. The van der Waals surface area contributed by atoms with E-state index in [1.54, 1.807) is 0 Å². The van der Waals surface area contributed by atoms with Gasteiger partial charge in [-0.15, -0.1) is 0 Å². The maximum Gasteiger partial charge on any atom is 0.137 e. The van der Waals surface area contributed by atoms with Crippen molar-refractivity contribution < 1.29 is 0 Å². The maximum atomic E-state index is 4.81. The average molecular weight is 172 g/mol. The van der Waals surface area contributed by atoms with Gasteiger partial charge >= 0.3 is 0 Å². The van der Waals surface area contributed by atoms with Gasteiger partial charge in [0, 0.05) is 12.1 Å². The Labute approximate surface area is 75.8 Å². The first-order chi connectivity index (χ1) is 5.08. The molecule has 1 radical (unpaired) electrons. The number of rotatable bonds is 5. The van der Waals surface area contributed by atoms with Crippen LogP contribution in [0.3, 0.4) is 0 Å². The lowest BCUT2D eigenvalue weighted by Crippen LogP contribution is -2.42. The van der Waals surface area contributed by atoms with Crippen molar-refractivity contribution in [2.75, 3.05) is 6.54 Å². The van der Waals surface area contributed by atoms with Crippen molar-refractivity contribution in [3.8, 4) is 0 Å². The summed E-state index contributed by atoms with van der Waals surface area (Å²) in [6.07, 6.45) is 2.37. The molecule has 0 unspecified atom stereocenters. The van der Waals surface area contributed by atoms with Crippen LogP contribution >= 0.6 is 12.2 Å². The Kier molecular flexibility index (Phi) is 4.66. The minimum absolute atomic E-state index is 0.186. The third-order valence-electron chi connectivity index (χ3n) is 2.02. The summed E-state index contributed by atoms with van der Waals surface area (Å²) in [5.41, 5.74) is 2.98. The van der Waals surface area contributed by atoms with Crippen molar-refractivity contribution >= 4 is 17.7 Å². The van der Waals surface area contributed by atoms with Crippen LogP contribution < -0.4 is 0 Å². The zero-order valence-corrected chi connectivity index (χ0v) is 8.79. The van der Waals surface area contributed by atoms with Crippen molar-refractivity contribution in [1.82, 2.24) is 4.90 Å². The van der Waals surface area contributed by atoms with Gasteiger partial charge in [0.2, 0.25) is 0 Å². The highest BCUT2D eigenvalue weighted by molar-refractivity contribution is 7.78. The summed E-state index contributed by atoms with van der Waals surface area (Å²) in [5, 5.41) is 0. The third-order valence-corrected chi connectivity index (χ3v) is 2.24. The van der Waals surface area contributed by atoms with E-state index in [4.69, 9.17) is 12.2 Å². The van der Waals surface area contributed by atoms with E-state index in [9.17, 15) is 0 Å². The van der Waals surface area contributed by atoms with Gasteiger partial charge in [0.05, 0.1) is 0 Å². The zero-order valence-electron chi connectivity index (χ0n) is 7.98. The van der Waals surface area contributed by atoms with Crippen LogP contribution in [0.15, 0.2) is 0 Å². The second kappa shape index (κ2) is 4.70. The van der Waals surface area contributed by atoms with E-state index >= 15 is 0 Å². The van der Waals surface area contributed by atoms with Crippen LogP contribution in [0.5, 0.6) is 0 Å². The summed E-state index contributed by atoms with van der Waals surface area (Å²) in [5.74, 6) is 0. The molecule has 0 aromatic rings. The first kappa shape index (κ1) is 10.9. The van der Waals surface area contributed by atoms with Crippen LogP contribution in [-0.2, 0) is 0 Å². The Hall–Kier alpha value is -0.110. The molecule has 0 aliphatic rings. The van der Waals surface area contributed by atoms with E-state index in [-0.39, 0.29) is 5.54 Å². The van der Waals surface area contributed by atoms with Crippen molar-refractivity contribution in [2.45, 2.75) is 46.1 Å². The van der Waals surface area contributed by atoms with E-state index in [1.165, 1.54) is 12.8 Å². The summed E-state index contributed by atoms with van der Waals surface area (Å²) in [7, 11) is 0.